The Morgan fingerprint density at radius 3 is 1.77 bits per heavy atom. The van der Waals surface area contributed by atoms with Crippen molar-refractivity contribution in [3.63, 3.8) is 0 Å². The van der Waals surface area contributed by atoms with Crippen molar-refractivity contribution in [3.8, 4) is 11.5 Å². The maximum atomic E-state index is 13.3. The molecule has 0 aliphatic carbocycles. The Morgan fingerprint density at radius 1 is 0.800 bits per heavy atom. The standard InChI is InChI=1S/C31H30O8Si/c1-40(2,3)20-19-31(39-29(34)24-17-11-6-12-18-24)26(38-28(33)23-15-9-5-10-16-23)25(37-30(31)35)21-36-27(32)22-13-7-4-8-14-22/h4-18,25-26,30,35H,21H2,1-3H3/t25-,26-,30?,31-/m1/s1. The summed E-state index contributed by atoms with van der Waals surface area (Å²) in [6, 6.07) is 24.7. The molecule has 9 heteroatoms. The highest BCUT2D eigenvalue weighted by Crippen LogP contribution is 2.37. The second-order valence-corrected chi connectivity index (χ2v) is 15.0. The van der Waals surface area contributed by atoms with Crippen LogP contribution in [-0.2, 0) is 18.9 Å². The van der Waals surface area contributed by atoms with Crippen molar-refractivity contribution in [1.29, 1.82) is 0 Å². The van der Waals surface area contributed by atoms with Gasteiger partial charge < -0.3 is 24.1 Å². The Hall–Kier alpha value is -4.23. The molecule has 1 saturated heterocycles. The quantitative estimate of drug-likeness (QED) is 0.198. The highest BCUT2D eigenvalue weighted by Gasteiger charge is 2.62. The van der Waals surface area contributed by atoms with Gasteiger partial charge in [0.05, 0.1) is 16.7 Å². The van der Waals surface area contributed by atoms with Crippen LogP contribution in [0.15, 0.2) is 91.0 Å². The molecular weight excluding hydrogens is 528 g/mol. The van der Waals surface area contributed by atoms with Gasteiger partial charge in [0.1, 0.15) is 20.8 Å². The Morgan fingerprint density at radius 2 is 1.27 bits per heavy atom. The normalized spacial score (nSPS) is 21.9. The maximum Gasteiger partial charge on any atom is 0.339 e. The monoisotopic (exact) mass is 558 g/mol. The highest BCUT2D eigenvalue weighted by molar-refractivity contribution is 6.83. The Bertz CT molecular complexity index is 1390. The lowest BCUT2D eigenvalue weighted by molar-refractivity contribution is -0.157. The minimum Gasteiger partial charge on any atom is -0.459 e. The largest absolute Gasteiger partial charge is 0.459 e. The van der Waals surface area contributed by atoms with Gasteiger partial charge in [-0.25, -0.2) is 14.4 Å². The minimum atomic E-state index is -2.11. The summed E-state index contributed by atoms with van der Waals surface area (Å²) in [7, 11) is -2.11. The van der Waals surface area contributed by atoms with Crippen LogP contribution in [0.4, 0.5) is 0 Å². The number of rotatable bonds is 7. The maximum absolute atomic E-state index is 13.3. The van der Waals surface area contributed by atoms with E-state index in [0.717, 1.165) is 0 Å². The molecule has 0 saturated carbocycles. The number of aliphatic hydroxyl groups excluding tert-OH is 1. The molecule has 1 heterocycles. The van der Waals surface area contributed by atoms with Gasteiger partial charge in [-0.15, -0.1) is 5.54 Å². The van der Waals surface area contributed by atoms with Gasteiger partial charge in [-0.3, -0.25) is 0 Å². The zero-order chi connectivity index (χ0) is 28.8. The average Bonchev–Trinajstić information content (AvgIpc) is 3.21. The van der Waals surface area contributed by atoms with E-state index in [1.54, 1.807) is 91.0 Å². The van der Waals surface area contributed by atoms with Gasteiger partial charge in [-0.2, -0.15) is 0 Å². The number of hydrogen-bond acceptors (Lipinski definition) is 8. The molecule has 1 fully saturated rings. The van der Waals surface area contributed by atoms with Crippen LogP contribution in [0.3, 0.4) is 0 Å². The van der Waals surface area contributed by atoms with Gasteiger partial charge in [0, 0.05) is 0 Å². The van der Waals surface area contributed by atoms with Crippen LogP contribution in [0.1, 0.15) is 31.1 Å². The zero-order valence-electron chi connectivity index (χ0n) is 22.4. The van der Waals surface area contributed by atoms with Gasteiger partial charge in [0.25, 0.3) is 5.60 Å². The van der Waals surface area contributed by atoms with Gasteiger partial charge in [0.2, 0.25) is 6.29 Å². The molecule has 0 aromatic heterocycles. The molecule has 1 aliphatic heterocycles. The summed E-state index contributed by atoms with van der Waals surface area (Å²) in [6.07, 6.45) is -4.44. The number of hydrogen-bond donors (Lipinski definition) is 1. The predicted molar refractivity (Wildman–Crippen MR) is 149 cm³/mol. The van der Waals surface area contributed by atoms with Crippen molar-refractivity contribution < 1.29 is 38.4 Å². The fourth-order valence-corrected chi connectivity index (χ4v) is 4.53. The third kappa shape index (κ3) is 6.85. The smallest absolute Gasteiger partial charge is 0.339 e. The van der Waals surface area contributed by atoms with Crippen molar-refractivity contribution in [1.82, 2.24) is 0 Å². The SMILES string of the molecule is C[Si](C)(C)C#C[C@]1(OC(=O)c2ccccc2)C(O)O[C@H](COC(=O)c2ccccc2)[C@H]1OC(=O)c1ccccc1. The summed E-state index contributed by atoms with van der Waals surface area (Å²) >= 11 is 0. The van der Waals surface area contributed by atoms with Crippen LogP contribution in [0.25, 0.3) is 0 Å². The Balaban J connectivity index is 1.72. The van der Waals surface area contributed by atoms with E-state index in [1.165, 1.54) is 0 Å². The van der Waals surface area contributed by atoms with Crippen LogP contribution >= 0.6 is 0 Å². The van der Waals surface area contributed by atoms with Crippen molar-refractivity contribution in [2.75, 3.05) is 6.61 Å². The lowest BCUT2D eigenvalue weighted by atomic mass is 9.95. The zero-order valence-corrected chi connectivity index (χ0v) is 23.4. The van der Waals surface area contributed by atoms with Gasteiger partial charge in [-0.1, -0.05) is 80.2 Å². The first-order valence-electron chi connectivity index (χ1n) is 12.7. The molecule has 206 valence electrons. The Kier molecular flexibility index (Phi) is 8.85. The number of ether oxygens (including phenoxy) is 4. The first kappa shape index (κ1) is 28.8. The van der Waals surface area contributed by atoms with Crippen LogP contribution in [0.5, 0.6) is 0 Å². The van der Waals surface area contributed by atoms with E-state index in [9.17, 15) is 19.5 Å². The highest BCUT2D eigenvalue weighted by atomic mass is 28.3. The molecule has 8 nitrogen and oxygen atoms in total. The molecule has 4 rings (SSSR count). The third-order valence-corrected chi connectivity index (χ3v) is 6.84. The van der Waals surface area contributed by atoms with E-state index in [4.69, 9.17) is 18.9 Å². The molecule has 0 radical (unpaired) electrons. The van der Waals surface area contributed by atoms with Crippen molar-refractivity contribution in [2.24, 2.45) is 0 Å². The summed E-state index contributed by atoms with van der Waals surface area (Å²) < 4.78 is 22.9. The van der Waals surface area contributed by atoms with E-state index in [-0.39, 0.29) is 11.1 Å². The van der Waals surface area contributed by atoms with E-state index in [2.05, 4.69) is 11.5 Å². The Labute approximate surface area is 233 Å². The minimum absolute atomic E-state index is 0.205. The first-order valence-corrected chi connectivity index (χ1v) is 16.2. The molecule has 1 N–H and O–H groups in total. The van der Waals surface area contributed by atoms with E-state index >= 15 is 0 Å². The lowest BCUT2D eigenvalue weighted by Gasteiger charge is -2.32. The molecule has 0 bridgehead atoms. The van der Waals surface area contributed by atoms with Crippen LogP contribution in [-0.4, -0.2) is 61.8 Å². The van der Waals surface area contributed by atoms with Crippen LogP contribution in [0.2, 0.25) is 19.6 Å². The number of esters is 3. The summed E-state index contributed by atoms with van der Waals surface area (Å²) in [5.41, 5.74) is 1.76. The summed E-state index contributed by atoms with van der Waals surface area (Å²) in [5.74, 6) is 0.730. The summed E-state index contributed by atoms with van der Waals surface area (Å²) in [6.45, 7) is 5.51. The summed E-state index contributed by atoms with van der Waals surface area (Å²) in [4.78, 5) is 39.1. The molecule has 3 aromatic carbocycles. The predicted octanol–water partition coefficient (Wildman–Crippen LogP) is 4.26. The number of carbonyl (C=O) groups excluding carboxylic acids is 3. The molecule has 0 amide bonds. The van der Waals surface area contributed by atoms with E-state index < -0.39 is 56.7 Å². The van der Waals surface area contributed by atoms with Crippen molar-refractivity contribution >= 4 is 26.0 Å². The first-order chi connectivity index (χ1) is 19.1. The van der Waals surface area contributed by atoms with Gasteiger partial charge in [-0.05, 0) is 36.4 Å². The molecular formula is C31H30O8Si. The van der Waals surface area contributed by atoms with E-state index in [1.807, 2.05) is 19.6 Å². The van der Waals surface area contributed by atoms with Gasteiger partial charge >= 0.3 is 17.9 Å². The average molecular weight is 559 g/mol. The van der Waals surface area contributed by atoms with Crippen molar-refractivity contribution in [3.05, 3.63) is 108 Å². The molecule has 40 heavy (non-hydrogen) atoms. The van der Waals surface area contributed by atoms with Crippen LogP contribution in [0, 0.1) is 11.5 Å². The topological polar surface area (TPSA) is 108 Å². The van der Waals surface area contributed by atoms with E-state index in [0.29, 0.717) is 5.56 Å². The molecule has 1 unspecified atom stereocenters. The number of aliphatic hydroxyl groups is 1. The number of carbonyl (C=O) groups is 3. The molecule has 0 spiro atoms. The molecule has 1 aliphatic rings. The fraction of sp³-hybridized carbons (Fsp3) is 0.258. The molecule has 3 aromatic rings. The fourth-order valence-electron chi connectivity index (χ4n) is 3.96. The van der Waals surface area contributed by atoms with Crippen LogP contribution < -0.4 is 0 Å². The third-order valence-electron chi connectivity index (χ3n) is 5.97. The molecule has 4 atom stereocenters. The van der Waals surface area contributed by atoms with Gasteiger partial charge in [0.15, 0.2) is 6.10 Å². The lowest BCUT2D eigenvalue weighted by Crippen LogP contribution is -2.53. The second-order valence-electron chi connectivity index (χ2n) is 10.2. The number of benzene rings is 3. The summed E-state index contributed by atoms with van der Waals surface area (Å²) in [5, 5.41) is 11.2. The van der Waals surface area contributed by atoms with Crippen molar-refractivity contribution in [2.45, 2.75) is 43.7 Å². The second kappa shape index (κ2) is 12.3.